The number of nitrogens with one attached hydrogen (secondary N) is 1. The molecule has 7 heavy (non-hydrogen) atoms. The van der Waals surface area contributed by atoms with Gasteiger partial charge in [0.25, 0.3) is 0 Å². The first-order valence-electron chi connectivity index (χ1n) is 2.06. The number of hydrogen-bond donors (Lipinski definition) is 1. The fourth-order valence-corrected chi connectivity index (χ4v) is 0.275. The van der Waals surface area contributed by atoms with E-state index in [0.717, 1.165) is 0 Å². The molecule has 0 radical (unpaired) electrons. The summed E-state index contributed by atoms with van der Waals surface area (Å²) in [5.74, 6) is 0. The molecule has 1 aliphatic rings. The summed E-state index contributed by atoms with van der Waals surface area (Å²) in [5.41, 5.74) is 2.24. The van der Waals surface area contributed by atoms with Gasteiger partial charge in [0, 0.05) is 5.28 Å². The van der Waals surface area contributed by atoms with Gasteiger partial charge in [-0.25, -0.2) is 0 Å². The minimum absolute atomic E-state index is 0.319. The van der Waals surface area contributed by atoms with Gasteiger partial charge in [-0.05, 0) is 13.8 Å². The van der Waals surface area contributed by atoms with Crippen molar-refractivity contribution in [2.24, 2.45) is 10.4 Å². The SMILES string of the molecule is CC1(C)N=NON1. The van der Waals surface area contributed by atoms with Gasteiger partial charge in [0.1, 0.15) is 0 Å². The summed E-state index contributed by atoms with van der Waals surface area (Å²) in [6.45, 7) is 3.73. The Balaban J connectivity index is 2.57. The first-order valence-corrected chi connectivity index (χ1v) is 2.06. The van der Waals surface area contributed by atoms with Gasteiger partial charge in [0.2, 0.25) is 0 Å². The van der Waals surface area contributed by atoms with Crippen molar-refractivity contribution in [1.29, 1.82) is 0 Å². The zero-order chi connectivity index (χ0) is 5.33. The lowest BCUT2D eigenvalue weighted by molar-refractivity contribution is 0.0409. The van der Waals surface area contributed by atoms with E-state index in [0.29, 0.717) is 0 Å². The van der Waals surface area contributed by atoms with Crippen LogP contribution in [0.5, 0.6) is 0 Å². The molecule has 4 heteroatoms. The van der Waals surface area contributed by atoms with E-state index in [1.807, 2.05) is 13.8 Å². The highest BCUT2D eigenvalue weighted by Gasteiger charge is 2.21. The molecule has 40 valence electrons. The number of hydroxylamine groups is 1. The van der Waals surface area contributed by atoms with Crippen LogP contribution in [0.4, 0.5) is 0 Å². The maximum Gasteiger partial charge on any atom is 0.164 e. The molecule has 0 saturated carbocycles. The quantitative estimate of drug-likeness (QED) is 0.486. The Morgan fingerprint density at radius 2 is 2.29 bits per heavy atom. The predicted molar refractivity (Wildman–Crippen MR) is 23.2 cm³/mol. The molecule has 1 rings (SSSR count). The molecule has 0 aromatic rings. The standard InChI is InChI=1S/C3H7N3O/c1-3(2)4-6-7-5-3/h5H,1-2H3. The highest BCUT2D eigenvalue weighted by molar-refractivity contribution is 4.67. The van der Waals surface area contributed by atoms with E-state index in [1.54, 1.807) is 0 Å². The number of nitrogens with zero attached hydrogens (tertiary/aromatic N) is 2. The smallest absolute Gasteiger partial charge is 0.164 e. The average Bonchev–Trinajstić information content (AvgIpc) is 1.84. The van der Waals surface area contributed by atoms with Gasteiger partial charge in [-0.1, -0.05) is 5.48 Å². The van der Waals surface area contributed by atoms with Gasteiger partial charge in [-0.3, -0.25) is 4.94 Å². The molecule has 0 atom stereocenters. The fraction of sp³-hybridized carbons (Fsp3) is 1.00. The van der Waals surface area contributed by atoms with E-state index in [4.69, 9.17) is 0 Å². The molecule has 0 spiro atoms. The summed E-state index contributed by atoms with van der Waals surface area (Å²) in [4.78, 5) is 4.37. The van der Waals surface area contributed by atoms with Crippen LogP contribution in [0.25, 0.3) is 0 Å². The average molecular weight is 101 g/mol. The second kappa shape index (κ2) is 1.16. The Morgan fingerprint density at radius 3 is 2.43 bits per heavy atom. The lowest BCUT2D eigenvalue weighted by Crippen LogP contribution is -2.30. The van der Waals surface area contributed by atoms with E-state index >= 15 is 0 Å². The van der Waals surface area contributed by atoms with Crippen LogP contribution in [0.3, 0.4) is 0 Å². The Kier molecular flexibility index (Phi) is 0.751. The second-order valence-electron chi connectivity index (χ2n) is 1.93. The maximum absolute atomic E-state index is 4.37. The topological polar surface area (TPSA) is 46.0 Å². The van der Waals surface area contributed by atoms with Crippen molar-refractivity contribution in [3.05, 3.63) is 0 Å². The van der Waals surface area contributed by atoms with E-state index < -0.39 is 0 Å². The Labute approximate surface area is 41.5 Å². The summed E-state index contributed by atoms with van der Waals surface area (Å²) in [7, 11) is 0. The summed E-state index contributed by atoms with van der Waals surface area (Å²) in [6, 6.07) is 0. The molecule has 1 heterocycles. The molecule has 1 N–H and O–H groups in total. The Morgan fingerprint density at radius 1 is 1.57 bits per heavy atom. The monoisotopic (exact) mass is 101 g/mol. The molecule has 4 nitrogen and oxygen atoms in total. The van der Waals surface area contributed by atoms with Crippen molar-refractivity contribution in [2.45, 2.75) is 19.5 Å². The van der Waals surface area contributed by atoms with Crippen LogP contribution in [0.1, 0.15) is 13.8 Å². The highest BCUT2D eigenvalue weighted by atomic mass is 16.8. The van der Waals surface area contributed by atoms with Crippen molar-refractivity contribution < 1.29 is 4.94 Å². The van der Waals surface area contributed by atoms with E-state index in [2.05, 4.69) is 20.8 Å². The first-order chi connectivity index (χ1) is 3.21. The normalized spacial score (nSPS) is 24.9. The summed E-state index contributed by atoms with van der Waals surface area (Å²) in [6.07, 6.45) is 0. The van der Waals surface area contributed by atoms with Crippen LogP contribution in [0.2, 0.25) is 0 Å². The Hall–Kier alpha value is -0.640. The Bertz CT molecular complexity index is 98.4. The molecule has 0 amide bonds. The van der Waals surface area contributed by atoms with Crippen molar-refractivity contribution in [1.82, 2.24) is 5.48 Å². The molecule has 0 aromatic heterocycles. The minimum atomic E-state index is -0.319. The summed E-state index contributed by atoms with van der Waals surface area (Å²) >= 11 is 0. The molecule has 0 bridgehead atoms. The number of hydrogen-bond acceptors (Lipinski definition) is 4. The largest absolute Gasteiger partial charge is 0.277 e. The lowest BCUT2D eigenvalue weighted by atomic mass is 10.3. The maximum atomic E-state index is 4.37. The lowest BCUT2D eigenvalue weighted by Gasteiger charge is -2.05. The van der Waals surface area contributed by atoms with Gasteiger partial charge >= 0.3 is 0 Å². The van der Waals surface area contributed by atoms with Gasteiger partial charge in [0.05, 0.1) is 0 Å². The van der Waals surface area contributed by atoms with Crippen LogP contribution in [-0.2, 0) is 4.94 Å². The van der Waals surface area contributed by atoms with Crippen molar-refractivity contribution in [3.63, 3.8) is 0 Å². The molecular weight excluding hydrogens is 94.1 g/mol. The van der Waals surface area contributed by atoms with Crippen LogP contribution >= 0.6 is 0 Å². The van der Waals surface area contributed by atoms with Crippen molar-refractivity contribution in [2.75, 3.05) is 0 Å². The molecule has 0 aliphatic carbocycles. The van der Waals surface area contributed by atoms with E-state index in [-0.39, 0.29) is 5.66 Å². The zero-order valence-corrected chi connectivity index (χ0v) is 4.30. The molecule has 0 saturated heterocycles. The van der Waals surface area contributed by atoms with E-state index in [9.17, 15) is 0 Å². The fourth-order valence-electron chi connectivity index (χ4n) is 0.275. The zero-order valence-electron chi connectivity index (χ0n) is 4.30. The van der Waals surface area contributed by atoms with Gasteiger partial charge < -0.3 is 0 Å². The minimum Gasteiger partial charge on any atom is -0.277 e. The van der Waals surface area contributed by atoms with Crippen LogP contribution < -0.4 is 5.48 Å². The summed E-state index contributed by atoms with van der Waals surface area (Å²) in [5, 5.41) is 6.91. The van der Waals surface area contributed by atoms with Crippen molar-refractivity contribution >= 4 is 0 Å². The van der Waals surface area contributed by atoms with Crippen molar-refractivity contribution in [3.8, 4) is 0 Å². The molecule has 0 aromatic carbocycles. The van der Waals surface area contributed by atoms with Gasteiger partial charge in [-0.15, -0.1) is 5.11 Å². The van der Waals surface area contributed by atoms with Crippen LogP contribution in [-0.4, -0.2) is 5.66 Å². The summed E-state index contributed by atoms with van der Waals surface area (Å²) < 4.78 is 0. The predicted octanol–water partition coefficient (Wildman–Crippen LogP) is 0.625. The molecule has 0 unspecified atom stereocenters. The third-order valence-corrected chi connectivity index (χ3v) is 0.627. The molecule has 1 aliphatic heterocycles. The van der Waals surface area contributed by atoms with Crippen LogP contribution in [0.15, 0.2) is 10.4 Å². The second-order valence-corrected chi connectivity index (χ2v) is 1.93. The molecule has 0 fully saturated rings. The van der Waals surface area contributed by atoms with Crippen LogP contribution in [0, 0.1) is 0 Å². The van der Waals surface area contributed by atoms with Gasteiger partial charge in [-0.2, -0.15) is 0 Å². The number of rotatable bonds is 0. The first kappa shape index (κ1) is 4.52. The van der Waals surface area contributed by atoms with E-state index in [1.165, 1.54) is 0 Å². The molecular formula is C3H7N3O. The third kappa shape index (κ3) is 0.866. The third-order valence-electron chi connectivity index (χ3n) is 0.627. The highest BCUT2D eigenvalue weighted by Crippen LogP contribution is 2.09. The van der Waals surface area contributed by atoms with Gasteiger partial charge in [0.15, 0.2) is 5.66 Å².